The summed E-state index contributed by atoms with van der Waals surface area (Å²) in [5.41, 5.74) is 3.67. The fraction of sp³-hybridized carbons (Fsp3) is 0.333. The normalized spacial score (nSPS) is 11.3. The molecule has 1 aromatic carbocycles. The van der Waals surface area contributed by atoms with E-state index < -0.39 is 0 Å². The average molecular weight is 331 g/mol. The molecule has 0 saturated heterocycles. The van der Waals surface area contributed by atoms with Gasteiger partial charge in [0.05, 0.1) is 0 Å². The van der Waals surface area contributed by atoms with Crippen LogP contribution in [0.25, 0.3) is 0 Å². The number of halogens is 1. The fourth-order valence-electron chi connectivity index (χ4n) is 2.34. The summed E-state index contributed by atoms with van der Waals surface area (Å²) in [7, 11) is 1.78. The maximum atomic E-state index is 6.16. The van der Waals surface area contributed by atoms with Crippen LogP contribution in [0.1, 0.15) is 16.7 Å². The number of hydrogen-bond acceptors (Lipinski definition) is 2. The molecule has 0 saturated carbocycles. The molecule has 23 heavy (non-hydrogen) atoms. The minimum atomic E-state index is 0.789. The molecule has 0 unspecified atom stereocenters. The zero-order chi connectivity index (χ0) is 16.5. The van der Waals surface area contributed by atoms with Gasteiger partial charge in [0.1, 0.15) is 0 Å². The molecule has 0 aliphatic rings. The van der Waals surface area contributed by atoms with E-state index in [2.05, 4.69) is 33.6 Å². The van der Waals surface area contributed by atoms with E-state index in [1.165, 1.54) is 11.1 Å². The van der Waals surface area contributed by atoms with Gasteiger partial charge in [0.2, 0.25) is 0 Å². The first-order chi connectivity index (χ1) is 11.2. The van der Waals surface area contributed by atoms with E-state index in [-0.39, 0.29) is 0 Å². The quantitative estimate of drug-likeness (QED) is 0.632. The monoisotopic (exact) mass is 330 g/mol. The van der Waals surface area contributed by atoms with Gasteiger partial charge in [-0.2, -0.15) is 0 Å². The van der Waals surface area contributed by atoms with Crippen molar-refractivity contribution >= 4 is 17.6 Å². The highest BCUT2D eigenvalue weighted by molar-refractivity contribution is 6.31. The van der Waals surface area contributed by atoms with E-state index in [4.69, 9.17) is 11.6 Å². The molecule has 0 aliphatic heterocycles. The van der Waals surface area contributed by atoms with Crippen LogP contribution < -0.4 is 10.6 Å². The smallest absolute Gasteiger partial charge is 0.190 e. The summed E-state index contributed by atoms with van der Waals surface area (Å²) in [5, 5.41) is 7.46. The second-order valence-electron chi connectivity index (χ2n) is 5.32. The van der Waals surface area contributed by atoms with Gasteiger partial charge in [-0.25, -0.2) is 0 Å². The molecule has 5 heteroatoms. The number of aromatic nitrogens is 1. The molecule has 0 fully saturated rings. The van der Waals surface area contributed by atoms with Crippen molar-refractivity contribution in [3.05, 3.63) is 64.4 Å². The zero-order valence-electron chi connectivity index (χ0n) is 13.6. The molecule has 1 heterocycles. The van der Waals surface area contributed by atoms with Gasteiger partial charge in [0.25, 0.3) is 0 Å². The van der Waals surface area contributed by atoms with Gasteiger partial charge in [-0.15, -0.1) is 0 Å². The third-order valence-electron chi connectivity index (χ3n) is 3.69. The molecular formula is C18H23ClN4. The number of aliphatic imine (C=N–C) groups is 1. The summed E-state index contributed by atoms with van der Waals surface area (Å²) < 4.78 is 0. The first-order valence-electron chi connectivity index (χ1n) is 7.78. The van der Waals surface area contributed by atoms with Gasteiger partial charge < -0.3 is 10.6 Å². The molecule has 0 spiro atoms. The average Bonchev–Trinajstić information content (AvgIpc) is 2.56. The van der Waals surface area contributed by atoms with Gasteiger partial charge in [-0.1, -0.05) is 29.8 Å². The first kappa shape index (κ1) is 17.3. The van der Waals surface area contributed by atoms with Crippen LogP contribution in [-0.4, -0.2) is 31.1 Å². The Balaban J connectivity index is 1.74. The van der Waals surface area contributed by atoms with Gasteiger partial charge in [0.15, 0.2) is 5.96 Å². The Bertz CT molecular complexity index is 601. The van der Waals surface area contributed by atoms with E-state index in [0.29, 0.717) is 0 Å². The van der Waals surface area contributed by atoms with Crippen LogP contribution in [0.3, 0.4) is 0 Å². The number of benzene rings is 1. The van der Waals surface area contributed by atoms with Crippen LogP contribution in [0.2, 0.25) is 5.02 Å². The van der Waals surface area contributed by atoms with Gasteiger partial charge in [0, 0.05) is 37.6 Å². The molecule has 2 N–H and O–H groups in total. The maximum absolute atomic E-state index is 6.16. The Morgan fingerprint density at radius 2 is 1.78 bits per heavy atom. The molecule has 0 atom stereocenters. The lowest BCUT2D eigenvalue weighted by Crippen LogP contribution is -2.39. The van der Waals surface area contributed by atoms with Crippen molar-refractivity contribution in [2.75, 3.05) is 20.1 Å². The van der Waals surface area contributed by atoms with Crippen molar-refractivity contribution in [3.8, 4) is 0 Å². The Kier molecular flexibility index (Phi) is 6.88. The molecular weight excluding hydrogens is 308 g/mol. The van der Waals surface area contributed by atoms with E-state index in [1.54, 1.807) is 7.05 Å². The standard InChI is InChI=1S/C18H23ClN4/c1-14-13-21-10-7-15(14)8-11-22-18(20-2)23-12-9-16-5-3-4-6-17(16)19/h3-7,10,13H,8-9,11-12H2,1-2H3,(H2,20,22,23). The Labute approximate surface area is 143 Å². The topological polar surface area (TPSA) is 49.3 Å². The first-order valence-corrected chi connectivity index (χ1v) is 8.16. The highest BCUT2D eigenvalue weighted by Crippen LogP contribution is 2.14. The molecule has 0 amide bonds. The van der Waals surface area contributed by atoms with Gasteiger partial charge in [-0.05, 0) is 48.6 Å². The molecule has 4 nitrogen and oxygen atoms in total. The lowest BCUT2D eigenvalue weighted by atomic mass is 10.1. The van der Waals surface area contributed by atoms with Crippen molar-refractivity contribution in [1.82, 2.24) is 15.6 Å². The van der Waals surface area contributed by atoms with Crippen LogP contribution in [0, 0.1) is 6.92 Å². The van der Waals surface area contributed by atoms with Crippen molar-refractivity contribution in [3.63, 3.8) is 0 Å². The summed E-state index contributed by atoms with van der Waals surface area (Å²) in [5.74, 6) is 0.809. The number of pyridine rings is 1. The van der Waals surface area contributed by atoms with Crippen LogP contribution >= 0.6 is 11.6 Å². The van der Waals surface area contributed by atoms with Crippen LogP contribution in [0.5, 0.6) is 0 Å². The number of nitrogens with zero attached hydrogens (tertiary/aromatic N) is 2. The lowest BCUT2D eigenvalue weighted by molar-refractivity contribution is 0.782. The Morgan fingerprint density at radius 3 is 2.43 bits per heavy atom. The highest BCUT2D eigenvalue weighted by atomic mass is 35.5. The molecule has 2 rings (SSSR count). The molecule has 122 valence electrons. The van der Waals surface area contributed by atoms with Crippen molar-refractivity contribution in [2.45, 2.75) is 19.8 Å². The van der Waals surface area contributed by atoms with E-state index in [1.807, 2.05) is 36.7 Å². The molecule has 0 radical (unpaired) electrons. The Morgan fingerprint density at radius 1 is 1.09 bits per heavy atom. The van der Waals surface area contributed by atoms with Gasteiger partial charge >= 0.3 is 0 Å². The number of guanidine groups is 1. The molecule has 1 aromatic heterocycles. The molecule has 0 aliphatic carbocycles. The second kappa shape index (κ2) is 9.16. The summed E-state index contributed by atoms with van der Waals surface area (Å²) >= 11 is 6.16. The summed E-state index contributed by atoms with van der Waals surface area (Å²) in [6.07, 6.45) is 5.54. The highest BCUT2D eigenvalue weighted by Gasteiger charge is 2.02. The third kappa shape index (κ3) is 5.57. The van der Waals surface area contributed by atoms with Crippen LogP contribution in [0.4, 0.5) is 0 Å². The minimum absolute atomic E-state index is 0.789. The van der Waals surface area contributed by atoms with Gasteiger partial charge in [-0.3, -0.25) is 9.98 Å². The number of nitrogens with one attached hydrogen (secondary N) is 2. The van der Waals surface area contributed by atoms with E-state index in [0.717, 1.165) is 42.5 Å². The lowest BCUT2D eigenvalue weighted by Gasteiger charge is -2.13. The fourth-order valence-corrected chi connectivity index (χ4v) is 2.57. The van der Waals surface area contributed by atoms with Crippen molar-refractivity contribution in [1.29, 1.82) is 0 Å². The van der Waals surface area contributed by atoms with Crippen LogP contribution in [-0.2, 0) is 12.8 Å². The minimum Gasteiger partial charge on any atom is -0.356 e. The second-order valence-corrected chi connectivity index (χ2v) is 5.73. The van der Waals surface area contributed by atoms with Crippen LogP contribution in [0.15, 0.2) is 47.7 Å². The summed E-state index contributed by atoms with van der Waals surface area (Å²) in [4.78, 5) is 8.36. The van der Waals surface area contributed by atoms with E-state index in [9.17, 15) is 0 Å². The zero-order valence-corrected chi connectivity index (χ0v) is 14.4. The number of rotatable bonds is 6. The predicted octanol–water partition coefficient (Wildman–Crippen LogP) is 2.99. The number of hydrogen-bond donors (Lipinski definition) is 2. The third-order valence-corrected chi connectivity index (χ3v) is 4.06. The molecule has 0 bridgehead atoms. The predicted molar refractivity (Wildman–Crippen MR) is 97.2 cm³/mol. The van der Waals surface area contributed by atoms with Crippen molar-refractivity contribution < 1.29 is 0 Å². The van der Waals surface area contributed by atoms with Crippen molar-refractivity contribution in [2.24, 2.45) is 4.99 Å². The maximum Gasteiger partial charge on any atom is 0.190 e. The largest absolute Gasteiger partial charge is 0.356 e. The summed E-state index contributed by atoms with van der Waals surface area (Å²) in [6.45, 7) is 3.70. The summed E-state index contributed by atoms with van der Waals surface area (Å²) in [6, 6.07) is 9.98. The molecule has 2 aromatic rings. The van der Waals surface area contributed by atoms with E-state index >= 15 is 0 Å². The number of aryl methyl sites for hydroxylation is 1. The Hall–Kier alpha value is -2.07. The SMILES string of the molecule is CN=C(NCCc1ccncc1C)NCCc1ccccc1Cl.